The van der Waals surface area contributed by atoms with Gasteiger partial charge in [-0.2, -0.15) is 0 Å². The van der Waals surface area contributed by atoms with E-state index >= 15 is 0 Å². The Balaban J connectivity index is 1.95. The Morgan fingerprint density at radius 3 is 2.76 bits per heavy atom. The quantitative estimate of drug-likeness (QED) is 0.795. The highest BCUT2D eigenvalue weighted by Gasteiger charge is 2.05. The largest absolute Gasteiger partial charge is 0.392 e. The zero-order valence-electron chi connectivity index (χ0n) is 11.7. The second-order valence-electron chi connectivity index (χ2n) is 4.74. The molecular formula is C16H17ClN2O2. The molecule has 0 fully saturated rings. The summed E-state index contributed by atoms with van der Waals surface area (Å²) in [5.41, 5.74) is 3.21. The Morgan fingerprint density at radius 2 is 2.05 bits per heavy atom. The lowest BCUT2D eigenvalue weighted by molar-refractivity contribution is -0.114. The van der Waals surface area contributed by atoms with Crippen LogP contribution < -0.4 is 10.6 Å². The Morgan fingerprint density at radius 1 is 1.24 bits per heavy atom. The highest BCUT2D eigenvalue weighted by molar-refractivity contribution is 6.33. The van der Waals surface area contributed by atoms with E-state index < -0.39 is 0 Å². The van der Waals surface area contributed by atoms with Crippen molar-refractivity contribution in [3.8, 4) is 0 Å². The summed E-state index contributed by atoms with van der Waals surface area (Å²) >= 11 is 6.04. The predicted molar refractivity (Wildman–Crippen MR) is 85.7 cm³/mol. The SMILES string of the molecule is Cc1cccc(NC(=O)CNc2cc(CO)ccc2Cl)c1. The minimum atomic E-state index is -0.161. The standard InChI is InChI=1S/C16H17ClN2O2/c1-11-3-2-4-13(7-11)19-16(21)9-18-15-8-12(10-20)5-6-14(15)17/h2-8,18,20H,9-10H2,1H3,(H,19,21). The second-order valence-corrected chi connectivity index (χ2v) is 5.15. The van der Waals surface area contributed by atoms with E-state index in [1.54, 1.807) is 18.2 Å². The van der Waals surface area contributed by atoms with Crippen molar-refractivity contribution >= 4 is 28.9 Å². The molecule has 2 rings (SSSR count). The van der Waals surface area contributed by atoms with Gasteiger partial charge in [0.1, 0.15) is 0 Å². The molecule has 2 aromatic rings. The third-order valence-corrected chi connectivity index (χ3v) is 3.28. The van der Waals surface area contributed by atoms with Crippen LogP contribution in [0.5, 0.6) is 0 Å². The number of anilines is 2. The molecule has 0 aromatic heterocycles. The van der Waals surface area contributed by atoms with Crippen LogP contribution in [0.4, 0.5) is 11.4 Å². The maximum absolute atomic E-state index is 11.9. The highest BCUT2D eigenvalue weighted by Crippen LogP contribution is 2.22. The third kappa shape index (κ3) is 4.48. The number of aliphatic hydroxyl groups excluding tert-OH is 1. The van der Waals surface area contributed by atoms with Crippen LogP contribution >= 0.6 is 11.6 Å². The lowest BCUT2D eigenvalue weighted by atomic mass is 10.2. The maximum Gasteiger partial charge on any atom is 0.243 e. The number of hydrogen-bond acceptors (Lipinski definition) is 3. The molecule has 0 aliphatic carbocycles. The Kier molecular flexibility index (Phi) is 5.20. The van der Waals surface area contributed by atoms with Crippen LogP contribution in [0, 0.1) is 6.92 Å². The van der Waals surface area contributed by atoms with Crippen LogP contribution in [0.1, 0.15) is 11.1 Å². The van der Waals surface area contributed by atoms with E-state index in [9.17, 15) is 4.79 Å². The minimum absolute atomic E-state index is 0.0681. The average molecular weight is 305 g/mol. The van der Waals surface area contributed by atoms with Crippen molar-refractivity contribution in [3.05, 3.63) is 58.6 Å². The molecule has 0 atom stereocenters. The zero-order chi connectivity index (χ0) is 15.2. The summed E-state index contributed by atoms with van der Waals surface area (Å²) in [4.78, 5) is 11.9. The van der Waals surface area contributed by atoms with Crippen LogP contribution in [0.3, 0.4) is 0 Å². The van der Waals surface area contributed by atoms with Gasteiger partial charge in [0.2, 0.25) is 5.91 Å². The monoisotopic (exact) mass is 304 g/mol. The van der Waals surface area contributed by atoms with E-state index in [0.29, 0.717) is 10.7 Å². The van der Waals surface area contributed by atoms with Crippen LogP contribution in [0.25, 0.3) is 0 Å². The molecule has 3 N–H and O–H groups in total. The molecule has 0 aliphatic heterocycles. The van der Waals surface area contributed by atoms with E-state index in [4.69, 9.17) is 16.7 Å². The van der Waals surface area contributed by atoms with Gasteiger partial charge in [-0.3, -0.25) is 4.79 Å². The van der Waals surface area contributed by atoms with Crippen LogP contribution in [0.15, 0.2) is 42.5 Å². The van der Waals surface area contributed by atoms with Gasteiger partial charge >= 0.3 is 0 Å². The molecular weight excluding hydrogens is 288 g/mol. The van der Waals surface area contributed by atoms with E-state index in [-0.39, 0.29) is 19.1 Å². The number of rotatable bonds is 5. The Labute approximate surface area is 128 Å². The molecule has 0 unspecified atom stereocenters. The third-order valence-electron chi connectivity index (χ3n) is 2.95. The number of aryl methyl sites for hydroxylation is 1. The van der Waals surface area contributed by atoms with Crippen LogP contribution in [-0.4, -0.2) is 17.6 Å². The number of nitrogens with one attached hydrogen (secondary N) is 2. The average Bonchev–Trinajstić information content (AvgIpc) is 2.46. The molecule has 5 heteroatoms. The Bertz CT molecular complexity index is 644. The molecule has 0 aliphatic rings. The molecule has 4 nitrogen and oxygen atoms in total. The van der Waals surface area contributed by atoms with Crippen molar-refractivity contribution in [1.29, 1.82) is 0 Å². The number of carbonyl (C=O) groups is 1. The van der Waals surface area contributed by atoms with Crippen LogP contribution in [0.2, 0.25) is 5.02 Å². The molecule has 0 saturated heterocycles. The van der Waals surface area contributed by atoms with Gasteiger partial charge in [0.15, 0.2) is 0 Å². The first kappa shape index (κ1) is 15.4. The number of hydrogen-bond donors (Lipinski definition) is 3. The summed E-state index contributed by atoms with van der Waals surface area (Å²) in [6, 6.07) is 12.7. The fourth-order valence-corrected chi connectivity index (χ4v) is 2.09. The molecule has 0 radical (unpaired) electrons. The molecule has 0 bridgehead atoms. The molecule has 0 spiro atoms. The van der Waals surface area contributed by atoms with Gasteiger partial charge in [0.05, 0.1) is 23.9 Å². The van der Waals surface area contributed by atoms with Gasteiger partial charge in [0.25, 0.3) is 0 Å². The first-order valence-corrected chi connectivity index (χ1v) is 6.96. The van der Waals surface area contributed by atoms with Crippen molar-refractivity contribution in [2.45, 2.75) is 13.5 Å². The molecule has 2 aromatic carbocycles. The van der Waals surface area contributed by atoms with Crippen LogP contribution in [-0.2, 0) is 11.4 Å². The van der Waals surface area contributed by atoms with Gasteiger partial charge in [-0.15, -0.1) is 0 Å². The fraction of sp³-hybridized carbons (Fsp3) is 0.188. The first-order valence-electron chi connectivity index (χ1n) is 6.58. The maximum atomic E-state index is 11.9. The minimum Gasteiger partial charge on any atom is -0.392 e. The van der Waals surface area contributed by atoms with Crippen molar-refractivity contribution in [3.63, 3.8) is 0 Å². The van der Waals surface area contributed by atoms with Crippen molar-refractivity contribution in [2.24, 2.45) is 0 Å². The zero-order valence-corrected chi connectivity index (χ0v) is 12.4. The lowest BCUT2D eigenvalue weighted by Crippen LogP contribution is -2.21. The van der Waals surface area contributed by atoms with E-state index in [2.05, 4.69) is 10.6 Å². The van der Waals surface area contributed by atoms with E-state index in [1.807, 2.05) is 31.2 Å². The second kappa shape index (κ2) is 7.11. The predicted octanol–water partition coefficient (Wildman–Crippen LogP) is 3.19. The van der Waals surface area contributed by atoms with Crippen molar-refractivity contribution < 1.29 is 9.90 Å². The van der Waals surface area contributed by atoms with Gasteiger partial charge in [0, 0.05) is 5.69 Å². The van der Waals surface area contributed by atoms with Gasteiger partial charge < -0.3 is 15.7 Å². The lowest BCUT2D eigenvalue weighted by Gasteiger charge is -2.10. The first-order chi connectivity index (χ1) is 10.1. The smallest absolute Gasteiger partial charge is 0.243 e. The van der Waals surface area contributed by atoms with Gasteiger partial charge in [-0.25, -0.2) is 0 Å². The molecule has 21 heavy (non-hydrogen) atoms. The number of carbonyl (C=O) groups excluding carboxylic acids is 1. The molecule has 0 heterocycles. The molecule has 1 amide bonds. The van der Waals surface area contributed by atoms with Crippen molar-refractivity contribution in [2.75, 3.05) is 17.2 Å². The van der Waals surface area contributed by atoms with Gasteiger partial charge in [-0.05, 0) is 42.3 Å². The number of halogens is 1. The topological polar surface area (TPSA) is 61.4 Å². The number of amides is 1. The summed E-state index contributed by atoms with van der Waals surface area (Å²) < 4.78 is 0. The normalized spacial score (nSPS) is 10.2. The highest BCUT2D eigenvalue weighted by atomic mass is 35.5. The number of benzene rings is 2. The van der Waals surface area contributed by atoms with E-state index in [1.165, 1.54) is 0 Å². The Hall–Kier alpha value is -2.04. The number of aliphatic hydroxyl groups is 1. The van der Waals surface area contributed by atoms with Gasteiger partial charge in [-0.1, -0.05) is 29.8 Å². The fourth-order valence-electron chi connectivity index (χ4n) is 1.91. The summed E-state index contributed by atoms with van der Waals surface area (Å²) in [6.45, 7) is 2.00. The molecule has 0 saturated carbocycles. The summed E-state index contributed by atoms with van der Waals surface area (Å²) in [6.07, 6.45) is 0. The summed E-state index contributed by atoms with van der Waals surface area (Å²) in [7, 11) is 0. The molecule has 110 valence electrons. The van der Waals surface area contributed by atoms with E-state index in [0.717, 1.165) is 16.8 Å². The summed E-state index contributed by atoms with van der Waals surface area (Å²) in [5.74, 6) is -0.161. The van der Waals surface area contributed by atoms with Crippen molar-refractivity contribution in [1.82, 2.24) is 0 Å². The summed E-state index contributed by atoms with van der Waals surface area (Å²) in [5, 5.41) is 15.4.